The van der Waals surface area contributed by atoms with Gasteiger partial charge in [-0.05, 0) is 36.8 Å². The molecule has 0 fully saturated rings. The monoisotopic (exact) mass is 438 g/mol. The lowest BCUT2D eigenvalue weighted by Gasteiger charge is -2.10. The first-order valence-electron chi connectivity index (χ1n) is 7.82. The molecule has 0 radical (unpaired) electrons. The number of aryl methyl sites for hydroxylation is 1. The van der Waals surface area contributed by atoms with Crippen molar-refractivity contribution in [2.45, 2.75) is 18.2 Å². The van der Waals surface area contributed by atoms with Crippen LogP contribution < -0.4 is 10.6 Å². The smallest absolute Gasteiger partial charge is 0.252 e. The Morgan fingerprint density at radius 1 is 1.12 bits per heavy atom. The molecule has 0 atom stereocenters. The number of nitrogens with one attached hydrogen (secondary N) is 2. The molecule has 2 rings (SSSR count). The van der Waals surface area contributed by atoms with Gasteiger partial charge in [0.2, 0.25) is 5.91 Å². The molecule has 138 valence electrons. The van der Waals surface area contributed by atoms with Crippen LogP contribution in [0.3, 0.4) is 0 Å². The van der Waals surface area contributed by atoms with E-state index in [1.807, 2.05) is 19.1 Å². The van der Waals surface area contributed by atoms with Crippen molar-refractivity contribution in [3.63, 3.8) is 0 Å². The first kappa shape index (κ1) is 20.1. The predicted molar refractivity (Wildman–Crippen MR) is 104 cm³/mol. The fourth-order valence-electron chi connectivity index (χ4n) is 2.30. The second-order valence-corrected chi connectivity index (χ2v) is 8.68. The average Bonchev–Trinajstić information content (AvgIpc) is 2.57. The summed E-state index contributed by atoms with van der Waals surface area (Å²) in [4.78, 5) is 24.2. The molecule has 0 heterocycles. The van der Waals surface area contributed by atoms with Crippen LogP contribution in [0.15, 0.2) is 51.8 Å². The van der Waals surface area contributed by atoms with E-state index in [1.165, 1.54) is 12.1 Å². The van der Waals surface area contributed by atoms with Gasteiger partial charge in [-0.1, -0.05) is 34.1 Å². The zero-order valence-corrected chi connectivity index (χ0v) is 16.8. The lowest BCUT2D eigenvalue weighted by Crippen LogP contribution is -2.28. The van der Waals surface area contributed by atoms with Crippen molar-refractivity contribution in [1.82, 2.24) is 5.32 Å². The van der Waals surface area contributed by atoms with Gasteiger partial charge >= 0.3 is 0 Å². The van der Waals surface area contributed by atoms with Crippen molar-refractivity contribution < 1.29 is 18.0 Å². The number of hydrogen-bond acceptors (Lipinski definition) is 4. The minimum Gasteiger partial charge on any atom is -0.351 e. The van der Waals surface area contributed by atoms with Crippen molar-refractivity contribution >= 4 is 43.3 Å². The maximum Gasteiger partial charge on any atom is 0.252 e. The first-order chi connectivity index (χ1) is 12.2. The van der Waals surface area contributed by atoms with E-state index in [9.17, 15) is 18.0 Å². The van der Waals surface area contributed by atoms with E-state index in [0.717, 1.165) is 16.3 Å². The van der Waals surface area contributed by atoms with Crippen molar-refractivity contribution in [3.8, 4) is 0 Å². The molecule has 6 nitrogen and oxygen atoms in total. The molecule has 26 heavy (non-hydrogen) atoms. The van der Waals surface area contributed by atoms with Crippen LogP contribution in [0.4, 0.5) is 5.69 Å². The van der Waals surface area contributed by atoms with Crippen molar-refractivity contribution in [1.29, 1.82) is 0 Å². The molecule has 0 aromatic heterocycles. The van der Waals surface area contributed by atoms with Crippen molar-refractivity contribution in [3.05, 3.63) is 58.1 Å². The molecule has 2 aromatic carbocycles. The number of carbonyl (C=O) groups excluding carboxylic acids is 2. The summed E-state index contributed by atoms with van der Waals surface area (Å²) in [5, 5.41) is 5.36. The lowest BCUT2D eigenvalue weighted by atomic mass is 10.2. The summed E-state index contributed by atoms with van der Waals surface area (Å²) in [5.74, 6) is -0.777. The number of halogens is 1. The number of benzene rings is 2. The van der Waals surface area contributed by atoms with Gasteiger partial charge in [0.25, 0.3) is 5.91 Å². The number of amides is 2. The van der Waals surface area contributed by atoms with Crippen molar-refractivity contribution in [2.24, 2.45) is 0 Å². The highest BCUT2D eigenvalue weighted by molar-refractivity contribution is 9.10. The van der Waals surface area contributed by atoms with Crippen molar-refractivity contribution in [2.75, 3.05) is 18.1 Å². The molecule has 0 aliphatic heterocycles. The van der Waals surface area contributed by atoms with Gasteiger partial charge in [0.1, 0.15) is 0 Å². The van der Waals surface area contributed by atoms with E-state index in [0.29, 0.717) is 5.69 Å². The molecule has 2 amide bonds. The zero-order chi connectivity index (χ0) is 19.3. The van der Waals surface area contributed by atoms with E-state index in [4.69, 9.17) is 0 Å². The molecule has 0 aliphatic carbocycles. The van der Waals surface area contributed by atoms with E-state index >= 15 is 0 Å². The Labute approximate surface area is 161 Å². The average molecular weight is 439 g/mol. The fourth-order valence-corrected chi connectivity index (χ4v) is 3.55. The molecule has 0 bridgehead atoms. The Bertz CT molecular complexity index is 942. The highest BCUT2D eigenvalue weighted by Crippen LogP contribution is 2.20. The first-order valence-corrected chi connectivity index (χ1v) is 10.5. The number of carbonyl (C=O) groups is 2. The summed E-state index contributed by atoms with van der Waals surface area (Å²) in [6.07, 6.45) is 1.12. The quantitative estimate of drug-likeness (QED) is 0.724. The van der Waals surface area contributed by atoms with Gasteiger partial charge in [0.05, 0.1) is 10.5 Å². The largest absolute Gasteiger partial charge is 0.351 e. The lowest BCUT2D eigenvalue weighted by molar-refractivity contribution is -0.116. The zero-order valence-electron chi connectivity index (χ0n) is 14.4. The summed E-state index contributed by atoms with van der Waals surface area (Å²) >= 11 is 3.35. The molecular weight excluding hydrogens is 420 g/mol. The number of anilines is 1. The van der Waals surface area contributed by atoms with E-state index in [1.54, 1.807) is 18.2 Å². The van der Waals surface area contributed by atoms with Crippen LogP contribution in [0.25, 0.3) is 0 Å². The maximum atomic E-state index is 12.2. The van der Waals surface area contributed by atoms with Gasteiger partial charge in [-0.25, -0.2) is 8.42 Å². The summed E-state index contributed by atoms with van der Waals surface area (Å²) in [6, 6.07) is 11.5. The topological polar surface area (TPSA) is 92.3 Å². The Morgan fingerprint density at radius 2 is 1.81 bits per heavy atom. The molecule has 2 aromatic rings. The molecule has 0 saturated carbocycles. The van der Waals surface area contributed by atoms with Gasteiger partial charge in [0.15, 0.2) is 9.84 Å². The van der Waals surface area contributed by atoms with Crippen LogP contribution in [0.1, 0.15) is 22.3 Å². The van der Waals surface area contributed by atoms with Gasteiger partial charge in [-0.2, -0.15) is 0 Å². The van der Waals surface area contributed by atoms with E-state index < -0.39 is 15.7 Å². The van der Waals surface area contributed by atoms with Crippen LogP contribution in [-0.4, -0.2) is 33.0 Å². The van der Waals surface area contributed by atoms with Gasteiger partial charge in [-0.3, -0.25) is 9.59 Å². The third-order valence-electron chi connectivity index (χ3n) is 3.64. The normalized spacial score (nSPS) is 11.0. The summed E-state index contributed by atoms with van der Waals surface area (Å²) in [6.45, 7) is 1.97. The molecule has 0 unspecified atom stereocenters. The predicted octanol–water partition coefficient (Wildman–Crippen LogP) is 2.92. The number of rotatable bonds is 6. The van der Waals surface area contributed by atoms with Gasteiger partial charge in [0, 0.05) is 29.4 Å². The number of hydrogen-bond donors (Lipinski definition) is 2. The third-order valence-corrected chi connectivity index (χ3v) is 5.29. The Morgan fingerprint density at radius 3 is 2.50 bits per heavy atom. The summed E-state index contributed by atoms with van der Waals surface area (Å²) in [5.41, 5.74) is 1.68. The second kappa shape index (κ2) is 8.46. The Kier molecular flexibility index (Phi) is 6.55. The molecule has 2 N–H and O–H groups in total. The number of sulfone groups is 1. The Balaban J connectivity index is 1.95. The molecule has 8 heteroatoms. The van der Waals surface area contributed by atoms with E-state index in [-0.39, 0.29) is 29.3 Å². The van der Waals surface area contributed by atoms with Crippen LogP contribution in [0.5, 0.6) is 0 Å². The van der Waals surface area contributed by atoms with Gasteiger partial charge < -0.3 is 10.6 Å². The molecule has 0 aliphatic rings. The highest BCUT2D eigenvalue weighted by Gasteiger charge is 2.18. The minimum atomic E-state index is -3.51. The van der Waals surface area contributed by atoms with Crippen LogP contribution in [0.2, 0.25) is 0 Å². The maximum absolute atomic E-state index is 12.2. The van der Waals surface area contributed by atoms with E-state index in [2.05, 4.69) is 26.6 Å². The minimum absolute atomic E-state index is 0.0355. The summed E-state index contributed by atoms with van der Waals surface area (Å²) < 4.78 is 24.4. The molecular formula is C18H19BrN2O4S. The Hall–Kier alpha value is -2.19. The van der Waals surface area contributed by atoms with Crippen LogP contribution >= 0.6 is 15.9 Å². The molecule has 0 saturated heterocycles. The molecule has 0 spiro atoms. The van der Waals surface area contributed by atoms with Gasteiger partial charge in [-0.15, -0.1) is 0 Å². The standard InChI is InChI=1S/C18H19BrN2O4S/c1-12-7-8-13(19)11-15(12)21-17(22)9-10-20-18(23)14-5-3-4-6-16(14)26(2,24)25/h3-8,11H,9-10H2,1-2H3,(H,20,23)(H,21,22). The van der Waals surface area contributed by atoms with Crippen LogP contribution in [0, 0.1) is 6.92 Å². The summed E-state index contributed by atoms with van der Waals surface area (Å²) in [7, 11) is -3.51. The highest BCUT2D eigenvalue weighted by atomic mass is 79.9. The second-order valence-electron chi connectivity index (χ2n) is 5.78. The van der Waals surface area contributed by atoms with Crippen LogP contribution in [-0.2, 0) is 14.6 Å². The fraction of sp³-hybridized carbons (Fsp3) is 0.222. The SMILES string of the molecule is Cc1ccc(Br)cc1NC(=O)CCNC(=O)c1ccccc1S(C)(=O)=O. The third kappa shape index (κ3) is 5.40.